The van der Waals surface area contributed by atoms with Crippen molar-refractivity contribution in [2.75, 3.05) is 18.0 Å². The van der Waals surface area contributed by atoms with Crippen LogP contribution in [0.25, 0.3) is 21.9 Å². The molecule has 0 unspecified atom stereocenters. The van der Waals surface area contributed by atoms with Crippen LogP contribution >= 0.6 is 0 Å². The third-order valence-electron chi connectivity index (χ3n) is 6.53. The summed E-state index contributed by atoms with van der Waals surface area (Å²) < 4.78 is 0. The van der Waals surface area contributed by atoms with Crippen molar-refractivity contribution in [3.05, 3.63) is 60.7 Å². The van der Waals surface area contributed by atoms with Crippen molar-refractivity contribution in [2.24, 2.45) is 0 Å². The summed E-state index contributed by atoms with van der Waals surface area (Å²) in [5, 5.41) is 2.05. The van der Waals surface area contributed by atoms with Crippen LogP contribution in [0.1, 0.15) is 29.6 Å². The van der Waals surface area contributed by atoms with E-state index >= 15 is 0 Å². The summed E-state index contributed by atoms with van der Waals surface area (Å²) in [4.78, 5) is 34.4. The van der Waals surface area contributed by atoms with E-state index in [1.807, 2.05) is 42.6 Å². The first-order chi connectivity index (χ1) is 14.8. The van der Waals surface area contributed by atoms with Crippen molar-refractivity contribution < 1.29 is 4.79 Å². The van der Waals surface area contributed by atoms with Crippen LogP contribution < -0.4 is 4.90 Å². The zero-order valence-corrected chi connectivity index (χ0v) is 16.5. The molecule has 30 heavy (non-hydrogen) atoms. The Labute approximate surface area is 173 Å². The van der Waals surface area contributed by atoms with Crippen LogP contribution in [-0.2, 0) is 0 Å². The van der Waals surface area contributed by atoms with E-state index in [1.54, 1.807) is 12.5 Å². The SMILES string of the molecule is O=C(c1ccc2ncccc2c1)N1CCC[C@@H]2[C@H]1CCN2c1ncnc2[nH]ccc12. The van der Waals surface area contributed by atoms with Gasteiger partial charge in [-0.25, -0.2) is 9.97 Å². The Kier molecular flexibility index (Phi) is 3.94. The molecule has 5 heterocycles. The number of amides is 1. The molecule has 0 aliphatic carbocycles. The summed E-state index contributed by atoms with van der Waals surface area (Å²) in [5.41, 5.74) is 2.51. The first-order valence-electron chi connectivity index (χ1n) is 10.5. The summed E-state index contributed by atoms with van der Waals surface area (Å²) >= 11 is 0. The molecule has 3 aromatic heterocycles. The van der Waals surface area contributed by atoms with E-state index in [0.29, 0.717) is 0 Å². The molecule has 2 saturated heterocycles. The van der Waals surface area contributed by atoms with Crippen LogP contribution in [0.5, 0.6) is 0 Å². The van der Waals surface area contributed by atoms with Gasteiger partial charge in [0, 0.05) is 36.4 Å². The first-order valence-corrected chi connectivity index (χ1v) is 10.5. The normalized spacial score (nSPS) is 21.3. The number of pyridine rings is 1. The van der Waals surface area contributed by atoms with Crippen molar-refractivity contribution in [1.29, 1.82) is 0 Å². The van der Waals surface area contributed by atoms with Crippen LogP contribution in [0.3, 0.4) is 0 Å². The highest BCUT2D eigenvalue weighted by molar-refractivity contribution is 5.98. The highest BCUT2D eigenvalue weighted by atomic mass is 16.2. The third kappa shape index (κ3) is 2.65. The molecule has 4 aromatic rings. The number of nitrogens with zero attached hydrogens (tertiary/aromatic N) is 5. The molecule has 0 bridgehead atoms. The van der Waals surface area contributed by atoms with Crippen molar-refractivity contribution in [3.63, 3.8) is 0 Å². The lowest BCUT2D eigenvalue weighted by atomic mass is 9.95. The summed E-state index contributed by atoms with van der Waals surface area (Å²) in [6.45, 7) is 1.71. The largest absolute Gasteiger partial charge is 0.351 e. The fourth-order valence-electron chi connectivity index (χ4n) is 5.16. The first kappa shape index (κ1) is 17.4. The number of rotatable bonds is 2. The number of piperidine rings is 1. The number of carbonyl (C=O) groups is 1. The van der Waals surface area contributed by atoms with E-state index in [2.05, 4.69) is 29.7 Å². The van der Waals surface area contributed by atoms with Crippen LogP contribution in [0, 0.1) is 0 Å². The minimum Gasteiger partial charge on any atom is -0.351 e. The van der Waals surface area contributed by atoms with Crippen LogP contribution in [0.2, 0.25) is 0 Å². The monoisotopic (exact) mass is 398 g/mol. The van der Waals surface area contributed by atoms with Gasteiger partial charge in [-0.3, -0.25) is 9.78 Å². The zero-order valence-electron chi connectivity index (χ0n) is 16.5. The molecule has 7 heteroatoms. The van der Waals surface area contributed by atoms with Gasteiger partial charge in [0.2, 0.25) is 0 Å². The molecule has 2 aliphatic heterocycles. The van der Waals surface area contributed by atoms with Gasteiger partial charge in [0.1, 0.15) is 17.8 Å². The van der Waals surface area contributed by atoms with Crippen molar-refractivity contribution >= 4 is 33.7 Å². The highest BCUT2D eigenvalue weighted by Crippen LogP contribution is 2.36. The molecule has 6 rings (SSSR count). The highest BCUT2D eigenvalue weighted by Gasteiger charge is 2.43. The fourth-order valence-corrected chi connectivity index (χ4v) is 5.16. The molecule has 1 amide bonds. The summed E-state index contributed by atoms with van der Waals surface area (Å²) in [6, 6.07) is 12.3. The van der Waals surface area contributed by atoms with Gasteiger partial charge in [-0.2, -0.15) is 0 Å². The van der Waals surface area contributed by atoms with E-state index in [0.717, 1.165) is 65.7 Å². The predicted octanol–water partition coefficient (Wildman–Crippen LogP) is 3.39. The van der Waals surface area contributed by atoms with Gasteiger partial charge in [-0.05, 0) is 49.6 Å². The fraction of sp³-hybridized carbons (Fsp3) is 0.304. The van der Waals surface area contributed by atoms with E-state index in [1.165, 1.54) is 0 Å². The Bertz CT molecular complexity index is 1250. The molecular formula is C23H22N6O. The second kappa shape index (κ2) is 6.79. The number of likely N-dealkylation sites (tertiary alicyclic amines) is 1. The molecule has 0 saturated carbocycles. The molecule has 0 spiro atoms. The topological polar surface area (TPSA) is 78.0 Å². The van der Waals surface area contributed by atoms with Gasteiger partial charge < -0.3 is 14.8 Å². The molecule has 7 nitrogen and oxygen atoms in total. The second-order valence-electron chi connectivity index (χ2n) is 8.11. The number of aromatic nitrogens is 4. The number of nitrogens with one attached hydrogen (secondary N) is 1. The molecule has 1 N–H and O–H groups in total. The molecule has 2 fully saturated rings. The molecule has 1 aromatic carbocycles. The van der Waals surface area contributed by atoms with Gasteiger partial charge in [0.25, 0.3) is 5.91 Å². The second-order valence-corrected chi connectivity index (χ2v) is 8.11. The zero-order chi connectivity index (χ0) is 20.1. The smallest absolute Gasteiger partial charge is 0.254 e. The quantitative estimate of drug-likeness (QED) is 0.560. The number of hydrogen-bond acceptors (Lipinski definition) is 5. The average molecular weight is 398 g/mol. The Morgan fingerprint density at radius 2 is 2.00 bits per heavy atom. The number of hydrogen-bond donors (Lipinski definition) is 1. The molecular weight excluding hydrogens is 376 g/mol. The van der Waals surface area contributed by atoms with Crippen LogP contribution in [0.15, 0.2) is 55.1 Å². The van der Waals surface area contributed by atoms with E-state index in [9.17, 15) is 4.79 Å². The summed E-state index contributed by atoms with van der Waals surface area (Å²) in [5.74, 6) is 1.09. The van der Waals surface area contributed by atoms with E-state index < -0.39 is 0 Å². The molecule has 0 radical (unpaired) electrons. The maximum Gasteiger partial charge on any atom is 0.254 e. The van der Waals surface area contributed by atoms with Gasteiger partial charge >= 0.3 is 0 Å². The minimum atomic E-state index is 0.117. The number of benzene rings is 1. The maximum atomic E-state index is 13.5. The maximum absolute atomic E-state index is 13.5. The Morgan fingerprint density at radius 1 is 1.03 bits per heavy atom. The lowest BCUT2D eigenvalue weighted by molar-refractivity contribution is 0.0609. The average Bonchev–Trinajstić information content (AvgIpc) is 3.45. The number of anilines is 1. The lowest BCUT2D eigenvalue weighted by Crippen LogP contribution is -2.52. The van der Waals surface area contributed by atoms with Crippen molar-refractivity contribution in [2.45, 2.75) is 31.3 Å². The number of aromatic amines is 1. The van der Waals surface area contributed by atoms with E-state index in [-0.39, 0.29) is 18.0 Å². The lowest BCUT2D eigenvalue weighted by Gasteiger charge is -2.40. The van der Waals surface area contributed by atoms with Gasteiger partial charge in [0.15, 0.2) is 0 Å². The predicted molar refractivity (Wildman–Crippen MR) is 115 cm³/mol. The number of carbonyl (C=O) groups excluding carboxylic acids is 1. The van der Waals surface area contributed by atoms with Crippen molar-refractivity contribution in [3.8, 4) is 0 Å². The molecule has 2 aliphatic rings. The number of H-pyrrole nitrogens is 1. The molecule has 2 atom stereocenters. The Morgan fingerprint density at radius 3 is 2.97 bits per heavy atom. The Hall–Kier alpha value is -3.48. The van der Waals surface area contributed by atoms with E-state index in [4.69, 9.17) is 0 Å². The van der Waals surface area contributed by atoms with Crippen LogP contribution in [0.4, 0.5) is 5.82 Å². The summed E-state index contributed by atoms with van der Waals surface area (Å²) in [6.07, 6.45) is 8.34. The number of fused-ring (bicyclic) bond motifs is 3. The standard InChI is InChI=1S/C23H22N6O/c30-23(16-5-6-18-15(13-16)3-1-9-24-18)29-11-2-4-19-20(29)8-12-28(19)22-17-7-10-25-21(17)26-14-27-22/h1,3,5-7,9-10,13-14,19-20H,2,4,8,11-12H2,(H,25,26,27)/t19-,20-/m1/s1. The Balaban J connectivity index is 1.31. The van der Waals surface area contributed by atoms with Crippen LogP contribution in [-0.4, -0.2) is 55.9 Å². The van der Waals surface area contributed by atoms with Gasteiger partial charge in [0.05, 0.1) is 23.0 Å². The third-order valence-corrected chi connectivity index (χ3v) is 6.53. The van der Waals surface area contributed by atoms with Gasteiger partial charge in [-0.1, -0.05) is 6.07 Å². The summed E-state index contributed by atoms with van der Waals surface area (Å²) in [7, 11) is 0. The van der Waals surface area contributed by atoms with Crippen molar-refractivity contribution in [1.82, 2.24) is 24.8 Å². The molecule has 150 valence electrons. The van der Waals surface area contributed by atoms with Gasteiger partial charge in [-0.15, -0.1) is 0 Å². The minimum absolute atomic E-state index is 0.117.